The van der Waals surface area contributed by atoms with Crippen molar-refractivity contribution in [3.63, 3.8) is 0 Å². The fourth-order valence-electron chi connectivity index (χ4n) is 2.31. The Balaban J connectivity index is 1.91. The molecule has 3 nitrogen and oxygen atoms in total. The van der Waals surface area contributed by atoms with Crippen LogP contribution in [0.5, 0.6) is 0 Å². The lowest BCUT2D eigenvalue weighted by Crippen LogP contribution is -2.29. The number of halogens is 2. The molecule has 2 N–H and O–H groups in total. The molecule has 1 aliphatic rings. The van der Waals surface area contributed by atoms with Crippen LogP contribution in [0.15, 0.2) is 18.2 Å². The molecular weight excluding hydrogens is 240 g/mol. The van der Waals surface area contributed by atoms with Crippen LogP contribution in [0.3, 0.4) is 0 Å². The average Bonchev–Trinajstić information content (AvgIpc) is 2.34. The maximum atomic E-state index is 13.0. The molecule has 0 heterocycles. The molecule has 0 radical (unpaired) electrons. The highest BCUT2D eigenvalue weighted by Crippen LogP contribution is 2.27. The van der Waals surface area contributed by atoms with Crippen LogP contribution in [0.1, 0.15) is 25.7 Å². The van der Waals surface area contributed by atoms with E-state index in [1.807, 2.05) is 0 Å². The van der Waals surface area contributed by atoms with Gasteiger partial charge in [-0.15, -0.1) is 0 Å². The normalized spacial score (nSPS) is 23.7. The third-order valence-corrected chi connectivity index (χ3v) is 3.37. The van der Waals surface area contributed by atoms with Gasteiger partial charge in [-0.1, -0.05) is 0 Å². The topological polar surface area (TPSA) is 49.3 Å². The van der Waals surface area contributed by atoms with Gasteiger partial charge in [0.25, 0.3) is 0 Å². The summed E-state index contributed by atoms with van der Waals surface area (Å²) >= 11 is 0. The van der Waals surface area contributed by atoms with Gasteiger partial charge in [0.05, 0.1) is 5.92 Å². The molecule has 1 fully saturated rings. The van der Waals surface area contributed by atoms with Crippen LogP contribution in [-0.4, -0.2) is 17.1 Å². The molecule has 1 saturated carbocycles. The number of aliphatic carboxylic acids is 1. The molecule has 0 unspecified atom stereocenters. The number of nitrogens with one attached hydrogen (secondary N) is 1. The maximum absolute atomic E-state index is 13.0. The summed E-state index contributed by atoms with van der Waals surface area (Å²) in [4.78, 5) is 10.8. The van der Waals surface area contributed by atoms with Crippen LogP contribution < -0.4 is 5.32 Å². The first-order valence-corrected chi connectivity index (χ1v) is 6.00. The fraction of sp³-hybridized carbons (Fsp3) is 0.462. The van der Waals surface area contributed by atoms with Crippen molar-refractivity contribution in [1.29, 1.82) is 0 Å². The van der Waals surface area contributed by atoms with Crippen LogP contribution in [0.4, 0.5) is 14.5 Å². The first-order valence-electron chi connectivity index (χ1n) is 6.00. The van der Waals surface area contributed by atoms with Gasteiger partial charge in [0.2, 0.25) is 0 Å². The van der Waals surface area contributed by atoms with Crippen molar-refractivity contribution in [3.8, 4) is 0 Å². The predicted octanol–water partition coefficient (Wildman–Crippen LogP) is 3.02. The number of hydrogen-bond acceptors (Lipinski definition) is 2. The Morgan fingerprint density at radius 3 is 2.39 bits per heavy atom. The van der Waals surface area contributed by atoms with E-state index >= 15 is 0 Å². The Hall–Kier alpha value is -1.65. The van der Waals surface area contributed by atoms with Crippen LogP contribution in [0.25, 0.3) is 0 Å². The van der Waals surface area contributed by atoms with Crippen molar-refractivity contribution in [2.75, 3.05) is 5.32 Å². The lowest BCUT2D eigenvalue weighted by Gasteiger charge is -2.27. The summed E-state index contributed by atoms with van der Waals surface area (Å²) in [7, 11) is 0. The standard InChI is InChI=1S/C13H15F2NO2/c14-11-6-5-10(7-12(11)15)16-9-3-1-8(2-4-9)13(17)18/h5-9,16H,1-4H2,(H,17,18). The van der Waals surface area contributed by atoms with Crippen molar-refractivity contribution in [2.45, 2.75) is 31.7 Å². The van der Waals surface area contributed by atoms with Crippen molar-refractivity contribution < 1.29 is 18.7 Å². The number of carbonyl (C=O) groups is 1. The van der Waals surface area contributed by atoms with Crippen molar-refractivity contribution in [1.82, 2.24) is 0 Å². The van der Waals surface area contributed by atoms with Crippen LogP contribution in [-0.2, 0) is 4.79 Å². The molecule has 1 aliphatic carbocycles. The zero-order chi connectivity index (χ0) is 13.1. The highest BCUT2D eigenvalue weighted by molar-refractivity contribution is 5.70. The number of benzene rings is 1. The highest BCUT2D eigenvalue weighted by Gasteiger charge is 2.25. The van der Waals surface area contributed by atoms with Crippen LogP contribution >= 0.6 is 0 Å². The summed E-state index contributed by atoms with van der Waals surface area (Å²) < 4.78 is 25.8. The lowest BCUT2D eigenvalue weighted by molar-refractivity contribution is -0.142. The molecule has 0 amide bonds. The predicted molar refractivity (Wildman–Crippen MR) is 63.4 cm³/mol. The first kappa shape index (κ1) is 12.8. The van der Waals surface area contributed by atoms with Crippen molar-refractivity contribution in [2.24, 2.45) is 5.92 Å². The summed E-state index contributed by atoms with van der Waals surface area (Å²) in [6.07, 6.45) is 2.71. The zero-order valence-corrected chi connectivity index (χ0v) is 9.83. The van der Waals surface area contributed by atoms with Gasteiger partial charge in [0, 0.05) is 17.8 Å². The van der Waals surface area contributed by atoms with Crippen molar-refractivity contribution >= 4 is 11.7 Å². The molecule has 0 aliphatic heterocycles. The largest absolute Gasteiger partial charge is 0.481 e. The molecule has 18 heavy (non-hydrogen) atoms. The molecule has 2 rings (SSSR count). The van der Waals surface area contributed by atoms with Crippen LogP contribution in [0, 0.1) is 17.6 Å². The third kappa shape index (κ3) is 2.97. The molecule has 0 aromatic heterocycles. The smallest absolute Gasteiger partial charge is 0.306 e. The molecule has 0 saturated heterocycles. The Labute approximate surface area is 104 Å². The summed E-state index contributed by atoms with van der Waals surface area (Å²) in [5.41, 5.74) is 0.535. The van der Waals surface area contributed by atoms with Gasteiger partial charge >= 0.3 is 5.97 Å². The number of carboxylic acid groups (broad SMARTS) is 1. The first-order chi connectivity index (χ1) is 8.56. The molecule has 0 atom stereocenters. The Morgan fingerprint density at radius 2 is 1.83 bits per heavy atom. The second kappa shape index (κ2) is 5.33. The molecule has 1 aromatic rings. The van der Waals surface area contributed by atoms with Gasteiger partial charge in [-0.25, -0.2) is 8.78 Å². The molecule has 0 spiro atoms. The van der Waals surface area contributed by atoms with E-state index in [9.17, 15) is 13.6 Å². The van der Waals surface area contributed by atoms with E-state index in [0.29, 0.717) is 18.5 Å². The maximum Gasteiger partial charge on any atom is 0.306 e. The summed E-state index contributed by atoms with van der Waals surface area (Å²) in [5, 5.41) is 12.0. The van der Waals surface area contributed by atoms with E-state index in [-0.39, 0.29) is 12.0 Å². The number of hydrogen-bond donors (Lipinski definition) is 2. The molecule has 0 bridgehead atoms. The summed E-state index contributed by atoms with van der Waals surface area (Å²) in [5.74, 6) is -2.76. The zero-order valence-electron chi connectivity index (χ0n) is 9.83. The number of anilines is 1. The monoisotopic (exact) mass is 255 g/mol. The SMILES string of the molecule is O=C(O)C1CCC(Nc2ccc(F)c(F)c2)CC1. The van der Waals surface area contributed by atoms with E-state index in [4.69, 9.17) is 5.11 Å². The van der Waals surface area contributed by atoms with Gasteiger partial charge in [0.15, 0.2) is 11.6 Å². The molecular formula is C13H15F2NO2. The number of rotatable bonds is 3. The van der Waals surface area contributed by atoms with Gasteiger partial charge in [-0.05, 0) is 37.8 Å². The van der Waals surface area contributed by atoms with Crippen molar-refractivity contribution in [3.05, 3.63) is 29.8 Å². The Morgan fingerprint density at radius 1 is 1.17 bits per heavy atom. The van der Waals surface area contributed by atoms with E-state index in [2.05, 4.69) is 5.32 Å². The molecule has 5 heteroatoms. The minimum atomic E-state index is -0.876. The third-order valence-electron chi connectivity index (χ3n) is 3.37. The quantitative estimate of drug-likeness (QED) is 0.872. The van der Waals surface area contributed by atoms with Gasteiger partial charge in [-0.3, -0.25) is 4.79 Å². The van der Waals surface area contributed by atoms with E-state index in [1.165, 1.54) is 6.07 Å². The molecule has 98 valence electrons. The van der Waals surface area contributed by atoms with Crippen LogP contribution in [0.2, 0.25) is 0 Å². The summed E-state index contributed by atoms with van der Waals surface area (Å²) in [6.45, 7) is 0. The Bertz CT molecular complexity index is 443. The van der Waals surface area contributed by atoms with E-state index in [0.717, 1.165) is 25.0 Å². The van der Waals surface area contributed by atoms with Gasteiger partial charge in [0.1, 0.15) is 0 Å². The average molecular weight is 255 g/mol. The highest BCUT2D eigenvalue weighted by atomic mass is 19.2. The minimum Gasteiger partial charge on any atom is -0.481 e. The van der Waals surface area contributed by atoms with E-state index in [1.54, 1.807) is 0 Å². The number of carboxylic acids is 1. The van der Waals surface area contributed by atoms with Gasteiger partial charge < -0.3 is 10.4 Å². The minimum absolute atomic E-state index is 0.130. The lowest BCUT2D eigenvalue weighted by atomic mass is 9.86. The second-order valence-corrected chi connectivity index (χ2v) is 4.66. The van der Waals surface area contributed by atoms with E-state index < -0.39 is 17.6 Å². The van der Waals surface area contributed by atoms with Gasteiger partial charge in [-0.2, -0.15) is 0 Å². The molecule has 1 aromatic carbocycles. The fourth-order valence-corrected chi connectivity index (χ4v) is 2.31. The second-order valence-electron chi connectivity index (χ2n) is 4.66. The Kier molecular flexibility index (Phi) is 3.79. The summed E-state index contributed by atoms with van der Waals surface area (Å²) in [6, 6.07) is 3.83.